The van der Waals surface area contributed by atoms with E-state index >= 15 is 0 Å². The molecule has 0 aromatic heterocycles. The second kappa shape index (κ2) is 7.70. The quantitative estimate of drug-likeness (QED) is 0.825. The Morgan fingerprint density at radius 1 is 1.30 bits per heavy atom. The lowest BCUT2D eigenvalue weighted by Gasteiger charge is -2.51. The zero-order chi connectivity index (χ0) is 19.0. The summed E-state index contributed by atoms with van der Waals surface area (Å²) in [6.45, 7) is 3.10. The van der Waals surface area contributed by atoms with Crippen LogP contribution in [0.4, 0.5) is 0 Å². The lowest BCUT2D eigenvalue weighted by molar-refractivity contribution is 0.0217. The number of nitrogens with two attached hydrogens (primary N) is 1. The first-order valence-electron chi connectivity index (χ1n) is 10.1. The number of nitrogens with zero attached hydrogens (tertiary/aromatic N) is 2. The Morgan fingerprint density at radius 2 is 2.15 bits per heavy atom. The van der Waals surface area contributed by atoms with Gasteiger partial charge in [0.2, 0.25) is 10.0 Å². The highest BCUT2D eigenvalue weighted by Gasteiger charge is 2.45. The smallest absolute Gasteiger partial charge is 0.214 e. The first-order valence-corrected chi connectivity index (χ1v) is 11.8. The van der Waals surface area contributed by atoms with E-state index in [0.29, 0.717) is 25.4 Å². The fraction of sp³-hybridized carbons (Fsp3) is 0.700. The summed E-state index contributed by atoms with van der Waals surface area (Å²) in [6.07, 6.45) is 4.51. The van der Waals surface area contributed by atoms with Crippen LogP contribution >= 0.6 is 0 Å². The van der Waals surface area contributed by atoms with Crippen LogP contribution in [0.5, 0.6) is 5.75 Å². The van der Waals surface area contributed by atoms with Crippen molar-refractivity contribution in [2.75, 3.05) is 39.0 Å². The van der Waals surface area contributed by atoms with Gasteiger partial charge in [-0.25, -0.2) is 8.42 Å². The number of hydrogen-bond acceptors (Lipinski definition) is 5. The van der Waals surface area contributed by atoms with Crippen molar-refractivity contribution in [3.8, 4) is 5.75 Å². The van der Waals surface area contributed by atoms with E-state index in [0.717, 1.165) is 44.5 Å². The molecule has 2 N–H and O–H groups in total. The van der Waals surface area contributed by atoms with E-state index in [-0.39, 0.29) is 17.8 Å². The first kappa shape index (κ1) is 19.2. The van der Waals surface area contributed by atoms with Gasteiger partial charge in [0.25, 0.3) is 0 Å². The molecule has 3 aliphatic rings. The average Bonchev–Trinajstić information content (AvgIpc) is 2.69. The van der Waals surface area contributed by atoms with Crippen LogP contribution in [0.3, 0.4) is 0 Å². The minimum absolute atomic E-state index is 0.111. The predicted molar refractivity (Wildman–Crippen MR) is 106 cm³/mol. The second-order valence-electron chi connectivity index (χ2n) is 8.06. The number of fused-ring (bicyclic) bond motifs is 4. The van der Waals surface area contributed by atoms with E-state index in [9.17, 15) is 8.42 Å². The molecule has 2 saturated heterocycles. The Kier molecular flexibility index (Phi) is 5.47. The first-order chi connectivity index (χ1) is 13.0. The number of ether oxygens (including phenoxy) is 1. The monoisotopic (exact) mass is 393 g/mol. The van der Waals surface area contributed by atoms with Crippen LogP contribution in [0.15, 0.2) is 18.2 Å². The third-order valence-corrected chi connectivity index (χ3v) is 8.58. The molecule has 6 nitrogen and oxygen atoms in total. The summed E-state index contributed by atoms with van der Waals surface area (Å²) in [4.78, 5) is 2.57. The van der Waals surface area contributed by atoms with E-state index < -0.39 is 10.0 Å². The Hall–Kier alpha value is -1.15. The normalized spacial score (nSPS) is 28.9. The molecular formula is C20H31N3O3S. The Bertz CT molecular complexity index is 783. The average molecular weight is 394 g/mol. The number of methoxy groups -OCH3 is 1. The number of rotatable bonds is 5. The minimum Gasteiger partial charge on any atom is -0.496 e. The van der Waals surface area contributed by atoms with Gasteiger partial charge in [-0.1, -0.05) is 12.1 Å². The number of hydrogen-bond donors (Lipinski definition) is 1. The second-order valence-corrected chi connectivity index (χ2v) is 10.1. The molecule has 0 unspecified atom stereocenters. The molecule has 0 bridgehead atoms. The van der Waals surface area contributed by atoms with Gasteiger partial charge in [0, 0.05) is 37.3 Å². The van der Waals surface area contributed by atoms with Gasteiger partial charge in [-0.05, 0) is 56.2 Å². The topological polar surface area (TPSA) is 75.9 Å². The van der Waals surface area contributed by atoms with Gasteiger partial charge < -0.3 is 10.5 Å². The number of piperidine rings is 2. The van der Waals surface area contributed by atoms with Crippen molar-refractivity contribution in [2.45, 2.75) is 44.2 Å². The van der Waals surface area contributed by atoms with Gasteiger partial charge in [0.1, 0.15) is 5.75 Å². The van der Waals surface area contributed by atoms with Gasteiger partial charge in [-0.3, -0.25) is 4.90 Å². The Labute approximate surface area is 162 Å². The molecule has 0 radical (unpaired) electrons. The molecule has 0 spiro atoms. The molecule has 0 amide bonds. The van der Waals surface area contributed by atoms with Crippen LogP contribution in [0.25, 0.3) is 0 Å². The third kappa shape index (κ3) is 3.50. The van der Waals surface area contributed by atoms with Crippen LogP contribution in [0, 0.1) is 5.92 Å². The van der Waals surface area contributed by atoms with E-state index in [1.165, 1.54) is 11.1 Å². The van der Waals surface area contributed by atoms with E-state index in [1.807, 2.05) is 10.4 Å². The largest absolute Gasteiger partial charge is 0.496 e. The fourth-order valence-corrected chi connectivity index (χ4v) is 7.18. The Morgan fingerprint density at radius 3 is 2.93 bits per heavy atom. The standard InChI is InChI=1S/C20H31N3O3S/c1-26-20-7-2-6-16-17(20)8-11-22-14-15-5-3-10-23(18(15)13-19(16)22)27(24,25)12-4-9-21/h2,6-7,15,18-19H,3-5,8-14,21H2,1H3/t15-,18+,19-/m0/s1. The van der Waals surface area contributed by atoms with E-state index in [4.69, 9.17) is 10.5 Å². The maximum atomic E-state index is 12.9. The fourth-order valence-electron chi connectivity index (χ4n) is 5.34. The summed E-state index contributed by atoms with van der Waals surface area (Å²) in [5.41, 5.74) is 8.19. The van der Waals surface area contributed by atoms with Gasteiger partial charge in [0.15, 0.2) is 0 Å². The summed E-state index contributed by atoms with van der Waals surface area (Å²) in [7, 11) is -1.51. The van der Waals surface area contributed by atoms with Crippen molar-refractivity contribution in [1.29, 1.82) is 0 Å². The summed E-state index contributed by atoms with van der Waals surface area (Å²) in [5.74, 6) is 1.58. The molecular weight excluding hydrogens is 362 g/mol. The highest BCUT2D eigenvalue weighted by Crippen LogP contribution is 2.45. The summed E-state index contributed by atoms with van der Waals surface area (Å²) in [5, 5.41) is 0. The Balaban J connectivity index is 1.63. The van der Waals surface area contributed by atoms with Crippen molar-refractivity contribution < 1.29 is 13.2 Å². The predicted octanol–water partition coefficient (Wildman–Crippen LogP) is 1.76. The van der Waals surface area contributed by atoms with Gasteiger partial charge in [0.05, 0.1) is 12.9 Å². The van der Waals surface area contributed by atoms with Crippen molar-refractivity contribution in [3.63, 3.8) is 0 Å². The minimum atomic E-state index is -3.23. The zero-order valence-electron chi connectivity index (χ0n) is 16.1. The highest BCUT2D eigenvalue weighted by atomic mass is 32.2. The molecule has 0 aliphatic carbocycles. The number of sulfonamides is 1. The molecule has 3 atom stereocenters. The molecule has 2 fully saturated rings. The van der Waals surface area contributed by atoms with Crippen LogP contribution in [0.2, 0.25) is 0 Å². The van der Waals surface area contributed by atoms with Crippen molar-refractivity contribution in [3.05, 3.63) is 29.3 Å². The van der Waals surface area contributed by atoms with Gasteiger partial charge in [-0.2, -0.15) is 4.31 Å². The maximum Gasteiger partial charge on any atom is 0.214 e. The third-order valence-electron chi connectivity index (χ3n) is 6.60. The van der Waals surface area contributed by atoms with E-state index in [1.54, 1.807) is 7.11 Å². The van der Waals surface area contributed by atoms with Gasteiger partial charge >= 0.3 is 0 Å². The summed E-state index contributed by atoms with van der Waals surface area (Å²) in [6, 6.07) is 6.69. The van der Waals surface area contributed by atoms with Gasteiger partial charge in [-0.15, -0.1) is 0 Å². The van der Waals surface area contributed by atoms with Crippen molar-refractivity contribution in [2.24, 2.45) is 11.7 Å². The van der Waals surface area contributed by atoms with Crippen LogP contribution in [-0.2, 0) is 16.4 Å². The maximum absolute atomic E-state index is 12.9. The molecule has 1 aromatic rings. The zero-order valence-corrected chi connectivity index (χ0v) is 17.0. The molecule has 150 valence electrons. The molecule has 0 saturated carbocycles. The molecule has 1 aromatic carbocycles. The molecule has 7 heteroatoms. The summed E-state index contributed by atoms with van der Waals surface area (Å²) < 4.78 is 33.3. The highest BCUT2D eigenvalue weighted by molar-refractivity contribution is 7.89. The van der Waals surface area contributed by atoms with Crippen LogP contribution in [-0.4, -0.2) is 62.7 Å². The molecule has 3 aliphatic heterocycles. The lowest BCUT2D eigenvalue weighted by atomic mass is 9.77. The molecule has 3 heterocycles. The molecule has 4 rings (SSSR count). The van der Waals surface area contributed by atoms with Crippen LogP contribution in [0.1, 0.15) is 42.9 Å². The van der Waals surface area contributed by atoms with Crippen molar-refractivity contribution in [1.82, 2.24) is 9.21 Å². The van der Waals surface area contributed by atoms with Crippen molar-refractivity contribution >= 4 is 10.0 Å². The summed E-state index contributed by atoms with van der Waals surface area (Å²) >= 11 is 0. The molecule has 27 heavy (non-hydrogen) atoms. The lowest BCUT2D eigenvalue weighted by Crippen LogP contribution is -2.57. The van der Waals surface area contributed by atoms with Crippen LogP contribution < -0.4 is 10.5 Å². The SMILES string of the molecule is COc1cccc2c1CCN1C[C@@H]3CCCN(S(=O)(=O)CCCN)[C@@H]3C[C@@H]21. The van der Waals surface area contributed by atoms with E-state index in [2.05, 4.69) is 17.0 Å². The number of benzene rings is 1.